The lowest BCUT2D eigenvalue weighted by atomic mass is 10.1. The maximum Gasteiger partial charge on any atom is 0.157 e. The molecule has 0 aliphatic carbocycles. The summed E-state index contributed by atoms with van der Waals surface area (Å²) in [5, 5.41) is 0. The van der Waals surface area contributed by atoms with Gasteiger partial charge in [0.15, 0.2) is 6.29 Å². The van der Waals surface area contributed by atoms with Crippen molar-refractivity contribution in [1.29, 1.82) is 0 Å². The van der Waals surface area contributed by atoms with Crippen LogP contribution in [0.1, 0.15) is 117 Å². The summed E-state index contributed by atoms with van der Waals surface area (Å²) in [6.45, 7) is 9.93. The van der Waals surface area contributed by atoms with Gasteiger partial charge in [0, 0.05) is 19.6 Å². The van der Waals surface area contributed by atoms with Gasteiger partial charge in [0.1, 0.15) is 0 Å². The van der Waals surface area contributed by atoms with E-state index in [2.05, 4.69) is 26.5 Å². The largest absolute Gasteiger partial charge is 0.353 e. The van der Waals surface area contributed by atoms with Crippen molar-refractivity contribution in [3.63, 3.8) is 0 Å². The Kier molecular flexibility index (Phi) is 22.9. The van der Waals surface area contributed by atoms with E-state index in [0.29, 0.717) is 0 Å². The van der Waals surface area contributed by atoms with Crippen molar-refractivity contribution in [2.75, 3.05) is 13.2 Å². The molecule has 0 N–H and O–H groups in total. The van der Waals surface area contributed by atoms with Crippen molar-refractivity contribution in [2.24, 2.45) is 0 Å². The fourth-order valence-corrected chi connectivity index (χ4v) is 3.19. The molecule has 0 unspecified atom stereocenters. The van der Waals surface area contributed by atoms with Gasteiger partial charge in [-0.3, -0.25) is 0 Å². The maximum absolute atomic E-state index is 6.03. The number of rotatable bonds is 22. The van der Waals surface area contributed by atoms with Gasteiger partial charge in [-0.15, -0.1) is 0 Å². The van der Waals surface area contributed by atoms with E-state index in [-0.39, 0.29) is 6.29 Å². The molecule has 0 amide bonds. The Morgan fingerprint density at radius 1 is 0.667 bits per heavy atom. The highest BCUT2D eigenvalue weighted by atomic mass is 16.7. The van der Waals surface area contributed by atoms with Crippen molar-refractivity contribution >= 4 is 0 Å². The van der Waals surface area contributed by atoms with E-state index in [1.807, 2.05) is 12.2 Å². The third kappa shape index (κ3) is 21.6. The first kappa shape index (κ1) is 26.4. The summed E-state index contributed by atoms with van der Waals surface area (Å²) >= 11 is 0. The summed E-state index contributed by atoms with van der Waals surface area (Å²) in [4.78, 5) is 0. The number of hydrogen-bond donors (Lipinski definition) is 0. The fraction of sp³-hybridized carbons (Fsp3) is 0.840. The molecule has 27 heavy (non-hydrogen) atoms. The molecule has 0 aromatic heterocycles. The summed E-state index contributed by atoms with van der Waals surface area (Å²) in [5.74, 6) is 0. The lowest BCUT2D eigenvalue weighted by Crippen LogP contribution is -2.18. The Morgan fingerprint density at radius 2 is 1.11 bits per heavy atom. The molecular formula is C25H48O2. The van der Waals surface area contributed by atoms with Crippen LogP contribution in [0.4, 0.5) is 0 Å². The SMILES string of the molecule is C=C/C=C/CCC(OCCCCCCCCC)OCCCCCCCCC. The number of ether oxygens (including phenoxy) is 2. The highest BCUT2D eigenvalue weighted by molar-refractivity contribution is 4.96. The molecule has 0 spiro atoms. The first-order valence-corrected chi connectivity index (χ1v) is 11.9. The van der Waals surface area contributed by atoms with Crippen LogP contribution in [-0.4, -0.2) is 19.5 Å². The van der Waals surface area contributed by atoms with Crippen LogP contribution in [0.3, 0.4) is 0 Å². The highest BCUT2D eigenvalue weighted by Gasteiger charge is 2.08. The van der Waals surface area contributed by atoms with Crippen LogP contribution >= 0.6 is 0 Å². The van der Waals surface area contributed by atoms with Crippen molar-refractivity contribution in [2.45, 2.75) is 123 Å². The Morgan fingerprint density at radius 3 is 1.56 bits per heavy atom. The van der Waals surface area contributed by atoms with E-state index in [1.54, 1.807) is 0 Å². The molecule has 0 aliphatic rings. The molecule has 2 nitrogen and oxygen atoms in total. The Labute approximate surface area is 170 Å². The van der Waals surface area contributed by atoms with Gasteiger partial charge in [-0.25, -0.2) is 0 Å². The standard InChI is InChI=1S/C25H48O2/c1-4-7-10-13-15-17-20-23-26-25(22-19-12-9-6-3)27-24-21-18-16-14-11-8-5-2/h6,9,12,25H,3-5,7-8,10-11,13-24H2,1-2H3/b12-9+. The predicted octanol–water partition coefficient (Wildman–Crippen LogP) is 8.37. The van der Waals surface area contributed by atoms with Crippen LogP contribution in [0.2, 0.25) is 0 Å². The number of hydrogen-bond acceptors (Lipinski definition) is 2. The Bertz CT molecular complexity index is 291. The minimum Gasteiger partial charge on any atom is -0.353 e. The van der Waals surface area contributed by atoms with Gasteiger partial charge in [0.05, 0.1) is 0 Å². The monoisotopic (exact) mass is 380 g/mol. The van der Waals surface area contributed by atoms with Crippen molar-refractivity contribution in [1.82, 2.24) is 0 Å². The number of allylic oxidation sites excluding steroid dienone is 3. The van der Waals surface area contributed by atoms with Crippen LogP contribution < -0.4 is 0 Å². The van der Waals surface area contributed by atoms with Crippen LogP contribution in [0.15, 0.2) is 24.8 Å². The first-order valence-electron chi connectivity index (χ1n) is 11.9. The molecule has 0 bridgehead atoms. The summed E-state index contributed by atoms with van der Waals surface area (Å²) in [7, 11) is 0. The average Bonchev–Trinajstić information content (AvgIpc) is 2.68. The smallest absolute Gasteiger partial charge is 0.157 e. The maximum atomic E-state index is 6.03. The third-order valence-electron chi connectivity index (χ3n) is 4.94. The predicted molar refractivity (Wildman–Crippen MR) is 120 cm³/mol. The second-order valence-electron chi connectivity index (χ2n) is 7.65. The molecule has 160 valence electrons. The first-order chi connectivity index (χ1) is 13.3. The van der Waals surface area contributed by atoms with Gasteiger partial charge in [-0.2, -0.15) is 0 Å². The van der Waals surface area contributed by atoms with Gasteiger partial charge in [-0.05, 0) is 19.3 Å². The molecule has 0 heterocycles. The fourth-order valence-electron chi connectivity index (χ4n) is 3.19. The zero-order chi connectivity index (χ0) is 19.8. The molecule has 0 aromatic carbocycles. The molecule has 0 aromatic rings. The second-order valence-corrected chi connectivity index (χ2v) is 7.65. The molecule has 0 fully saturated rings. The molecule has 0 atom stereocenters. The van der Waals surface area contributed by atoms with E-state index < -0.39 is 0 Å². The van der Waals surface area contributed by atoms with Gasteiger partial charge >= 0.3 is 0 Å². The topological polar surface area (TPSA) is 18.5 Å². The summed E-state index contributed by atoms with van der Waals surface area (Å²) < 4.78 is 12.1. The van der Waals surface area contributed by atoms with E-state index in [4.69, 9.17) is 9.47 Å². The highest BCUT2D eigenvalue weighted by Crippen LogP contribution is 2.12. The summed E-state index contributed by atoms with van der Waals surface area (Å²) in [6.07, 6.45) is 26.4. The lowest BCUT2D eigenvalue weighted by Gasteiger charge is -2.18. The second kappa shape index (κ2) is 23.4. The Hall–Kier alpha value is -0.600. The number of unbranched alkanes of at least 4 members (excludes halogenated alkanes) is 12. The van der Waals surface area contributed by atoms with Crippen LogP contribution in [0.5, 0.6) is 0 Å². The lowest BCUT2D eigenvalue weighted by molar-refractivity contribution is -0.146. The quantitative estimate of drug-likeness (QED) is 0.107. The molecule has 0 saturated heterocycles. The van der Waals surface area contributed by atoms with E-state index in [0.717, 1.165) is 38.9 Å². The molecule has 0 aliphatic heterocycles. The van der Waals surface area contributed by atoms with Crippen LogP contribution in [0.25, 0.3) is 0 Å². The van der Waals surface area contributed by atoms with E-state index >= 15 is 0 Å². The summed E-state index contributed by atoms with van der Waals surface area (Å²) in [5.41, 5.74) is 0. The normalized spacial score (nSPS) is 11.7. The minimum atomic E-state index is -0.0420. The zero-order valence-corrected chi connectivity index (χ0v) is 18.6. The van der Waals surface area contributed by atoms with Crippen LogP contribution in [0, 0.1) is 0 Å². The Balaban J connectivity index is 3.76. The molecular weight excluding hydrogens is 332 g/mol. The van der Waals surface area contributed by atoms with Gasteiger partial charge in [0.2, 0.25) is 0 Å². The third-order valence-corrected chi connectivity index (χ3v) is 4.94. The van der Waals surface area contributed by atoms with Gasteiger partial charge < -0.3 is 9.47 Å². The van der Waals surface area contributed by atoms with Crippen molar-refractivity contribution in [3.05, 3.63) is 24.8 Å². The van der Waals surface area contributed by atoms with Crippen LogP contribution in [-0.2, 0) is 9.47 Å². The molecule has 0 saturated carbocycles. The van der Waals surface area contributed by atoms with E-state index in [1.165, 1.54) is 77.0 Å². The van der Waals surface area contributed by atoms with Gasteiger partial charge in [0.25, 0.3) is 0 Å². The minimum absolute atomic E-state index is 0.0420. The molecule has 0 rings (SSSR count). The molecule has 0 radical (unpaired) electrons. The van der Waals surface area contributed by atoms with Crippen molar-refractivity contribution in [3.8, 4) is 0 Å². The van der Waals surface area contributed by atoms with E-state index in [9.17, 15) is 0 Å². The van der Waals surface area contributed by atoms with Gasteiger partial charge in [-0.1, -0.05) is 116 Å². The average molecular weight is 381 g/mol. The summed E-state index contributed by atoms with van der Waals surface area (Å²) in [6, 6.07) is 0. The van der Waals surface area contributed by atoms with Crippen molar-refractivity contribution < 1.29 is 9.47 Å². The molecule has 2 heteroatoms. The zero-order valence-electron chi connectivity index (χ0n) is 18.6.